The van der Waals surface area contributed by atoms with Gasteiger partial charge in [-0.15, -0.1) is 0 Å². The number of rotatable bonds is 3. The van der Waals surface area contributed by atoms with Gasteiger partial charge in [0.1, 0.15) is 22.9 Å². The van der Waals surface area contributed by atoms with E-state index in [-0.39, 0.29) is 41.1 Å². The lowest BCUT2D eigenvalue weighted by Gasteiger charge is -2.46. The van der Waals surface area contributed by atoms with Gasteiger partial charge in [-0.2, -0.15) is 5.10 Å². The van der Waals surface area contributed by atoms with Crippen molar-refractivity contribution in [2.45, 2.75) is 52.1 Å². The molecule has 0 saturated heterocycles. The number of allylic oxidation sites excluding steroid dienone is 2. The van der Waals surface area contributed by atoms with Gasteiger partial charge in [0.05, 0.1) is 12.1 Å². The van der Waals surface area contributed by atoms with Crippen molar-refractivity contribution in [2.75, 3.05) is 6.54 Å². The molecule has 6 N–H and O–H groups in total. The summed E-state index contributed by atoms with van der Waals surface area (Å²) in [6.45, 7) is 8.07. The molecule has 7 heteroatoms. The largest absolute Gasteiger partial charge is 0.507 e. The van der Waals surface area contributed by atoms with Gasteiger partial charge >= 0.3 is 0 Å². The minimum Gasteiger partial charge on any atom is -0.507 e. The number of aryl methyl sites for hydroxylation is 1. The molecule has 2 unspecified atom stereocenters. The topological polar surface area (TPSA) is 123 Å². The highest BCUT2D eigenvalue weighted by Crippen LogP contribution is 2.54. The molecule has 0 saturated carbocycles. The highest BCUT2D eigenvalue weighted by Gasteiger charge is 2.46. The van der Waals surface area contributed by atoms with E-state index >= 15 is 0 Å². The third kappa shape index (κ3) is 3.34. The molecule has 27 heavy (non-hydrogen) atoms. The van der Waals surface area contributed by atoms with Crippen LogP contribution < -0.4 is 21.6 Å². The van der Waals surface area contributed by atoms with Gasteiger partial charge in [0.15, 0.2) is 0 Å². The summed E-state index contributed by atoms with van der Waals surface area (Å²) in [5.41, 5.74) is 8.04. The number of hydrogen-bond acceptors (Lipinski definition) is 5. The van der Waals surface area contributed by atoms with E-state index in [2.05, 4.69) is 37.3 Å². The lowest BCUT2D eigenvalue weighted by atomic mass is 9.67. The van der Waals surface area contributed by atoms with Crippen molar-refractivity contribution in [3.8, 4) is 11.5 Å². The number of amides is 1. The number of benzene rings is 1. The number of aromatic hydroxyl groups is 1. The van der Waals surface area contributed by atoms with E-state index in [1.54, 1.807) is 6.92 Å². The van der Waals surface area contributed by atoms with Crippen LogP contribution in [0.3, 0.4) is 0 Å². The zero-order chi connectivity index (χ0) is 19.9. The fourth-order valence-corrected chi connectivity index (χ4v) is 4.28. The average Bonchev–Trinajstić information content (AvgIpc) is 2.58. The number of phenolic OH excluding ortho intramolecular Hbond substituents is 1. The molecule has 0 radical (unpaired) electrons. The predicted octanol–water partition coefficient (Wildman–Crippen LogP) is 2.27. The van der Waals surface area contributed by atoms with Gasteiger partial charge in [0.2, 0.25) is 0 Å². The number of nitrogens with two attached hydrogens (primary N) is 2. The maximum atomic E-state index is 12.7. The minimum absolute atomic E-state index is 0.0138. The van der Waals surface area contributed by atoms with Crippen LogP contribution in [0.5, 0.6) is 11.5 Å². The summed E-state index contributed by atoms with van der Waals surface area (Å²) in [7, 11) is 0. The Kier molecular flexibility index (Phi) is 4.80. The summed E-state index contributed by atoms with van der Waals surface area (Å²) in [6, 6.07) is 1.83. The van der Waals surface area contributed by atoms with Crippen LogP contribution in [0.1, 0.15) is 61.0 Å². The molecule has 0 aromatic heterocycles. The Hall–Kier alpha value is -2.70. The van der Waals surface area contributed by atoms with Gasteiger partial charge in [-0.1, -0.05) is 11.6 Å². The van der Waals surface area contributed by atoms with E-state index in [0.29, 0.717) is 16.9 Å². The van der Waals surface area contributed by atoms with Crippen molar-refractivity contribution in [1.82, 2.24) is 5.32 Å². The number of carbonyl (C=O) groups excluding carboxylic acids is 1. The molecule has 2 atom stereocenters. The number of hydrogen-bond donors (Lipinski definition) is 4. The third-order valence-electron chi connectivity index (χ3n) is 5.67. The summed E-state index contributed by atoms with van der Waals surface area (Å²) in [4.78, 5) is 12.7. The Morgan fingerprint density at radius 3 is 2.81 bits per heavy atom. The normalized spacial score (nSPS) is 23.6. The third-order valence-corrected chi connectivity index (χ3v) is 5.67. The molecule has 0 fully saturated rings. The number of nitrogens with zero attached hydrogens (tertiary/aromatic N) is 1. The van der Waals surface area contributed by atoms with Crippen molar-refractivity contribution in [3.05, 3.63) is 34.4 Å². The van der Waals surface area contributed by atoms with Gasteiger partial charge in [0.25, 0.3) is 5.91 Å². The highest BCUT2D eigenvalue weighted by molar-refractivity contribution is 6.01. The molecule has 1 heterocycles. The Labute approximate surface area is 159 Å². The monoisotopic (exact) mass is 372 g/mol. The van der Waals surface area contributed by atoms with Crippen LogP contribution in [-0.4, -0.2) is 29.0 Å². The fourth-order valence-electron chi connectivity index (χ4n) is 4.28. The van der Waals surface area contributed by atoms with Crippen molar-refractivity contribution < 1.29 is 14.6 Å². The summed E-state index contributed by atoms with van der Waals surface area (Å²) in [6.07, 6.45) is 4.20. The summed E-state index contributed by atoms with van der Waals surface area (Å²) in [5.74, 6) is 5.65. The second kappa shape index (κ2) is 6.79. The van der Waals surface area contributed by atoms with E-state index in [1.165, 1.54) is 5.57 Å². The number of nitrogens with one attached hydrogen (secondary N) is 1. The molecule has 1 amide bonds. The Morgan fingerprint density at radius 1 is 1.44 bits per heavy atom. The zero-order valence-corrected chi connectivity index (χ0v) is 16.3. The smallest absolute Gasteiger partial charge is 0.255 e. The van der Waals surface area contributed by atoms with Crippen LogP contribution in [0.4, 0.5) is 0 Å². The maximum absolute atomic E-state index is 12.7. The molecular weight excluding hydrogens is 344 g/mol. The van der Waals surface area contributed by atoms with E-state index in [1.807, 2.05) is 6.07 Å². The van der Waals surface area contributed by atoms with Gasteiger partial charge < -0.3 is 26.7 Å². The maximum Gasteiger partial charge on any atom is 0.255 e. The molecule has 1 aliphatic carbocycles. The molecule has 2 aliphatic rings. The first-order valence-electron chi connectivity index (χ1n) is 9.19. The quantitative estimate of drug-likeness (QED) is 0.213. The van der Waals surface area contributed by atoms with Crippen molar-refractivity contribution in [1.29, 1.82) is 0 Å². The molecular formula is C20H28N4O3. The molecule has 1 aliphatic heterocycles. The summed E-state index contributed by atoms with van der Waals surface area (Å²) in [5, 5.41) is 17.0. The van der Waals surface area contributed by atoms with E-state index < -0.39 is 5.91 Å². The van der Waals surface area contributed by atoms with Crippen molar-refractivity contribution in [2.24, 2.45) is 22.6 Å². The second-order valence-corrected chi connectivity index (χ2v) is 8.02. The molecule has 3 rings (SSSR count). The van der Waals surface area contributed by atoms with E-state index in [9.17, 15) is 9.90 Å². The first-order chi connectivity index (χ1) is 12.7. The Bertz CT molecular complexity index is 842. The zero-order valence-electron chi connectivity index (χ0n) is 16.3. The summed E-state index contributed by atoms with van der Waals surface area (Å²) < 4.78 is 6.26. The Morgan fingerprint density at radius 2 is 2.15 bits per heavy atom. The number of hydrazone groups is 1. The lowest BCUT2D eigenvalue weighted by Crippen LogP contribution is -2.45. The molecule has 1 aromatic carbocycles. The van der Waals surface area contributed by atoms with Gasteiger partial charge in [-0.05, 0) is 52.2 Å². The van der Waals surface area contributed by atoms with Crippen LogP contribution >= 0.6 is 0 Å². The number of fused-ring (bicyclic) bond motifs is 3. The standard InChI is InChI=1S/C20H28N4O3/c1-10-5-6-13-12(7-10)17-14(27-20(13,3)4)8-11(2)16(18(17)25)19(26)23-9-15(21)24-22/h7-8,12-13,25H,5-6,9,22H2,1-4H3,(H2,21,24)(H,23,26). The van der Waals surface area contributed by atoms with Crippen LogP contribution in [0.15, 0.2) is 22.8 Å². The molecule has 0 spiro atoms. The van der Waals surface area contributed by atoms with Crippen molar-refractivity contribution in [3.63, 3.8) is 0 Å². The SMILES string of the molecule is CC1=CC2c3c(cc(C)c(C(=O)NC/C(N)=N/N)c3O)OC(C)(C)C2CC1. The highest BCUT2D eigenvalue weighted by atomic mass is 16.5. The second-order valence-electron chi connectivity index (χ2n) is 8.02. The van der Waals surface area contributed by atoms with Gasteiger partial charge in [0, 0.05) is 17.4 Å². The van der Waals surface area contributed by atoms with Crippen LogP contribution in [0.2, 0.25) is 0 Å². The molecule has 7 nitrogen and oxygen atoms in total. The van der Waals surface area contributed by atoms with Gasteiger partial charge in [-0.25, -0.2) is 0 Å². The summed E-state index contributed by atoms with van der Waals surface area (Å²) >= 11 is 0. The average molecular weight is 372 g/mol. The molecule has 1 aromatic rings. The number of phenols is 1. The fraction of sp³-hybridized carbons (Fsp3) is 0.500. The first-order valence-corrected chi connectivity index (χ1v) is 9.19. The molecule has 146 valence electrons. The number of ether oxygens (including phenoxy) is 1. The number of carbonyl (C=O) groups is 1. The minimum atomic E-state index is -0.419. The van der Waals surface area contributed by atoms with Crippen LogP contribution in [0, 0.1) is 12.8 Å². The predicted molar refractivity (Wildman–Crippen MR) is 105 cm³/mol. The van der Waals surface area contributed by atoms with Crippen LogP contribution in [0.25, 0.3) is 0 Å². The number of amidine groups is 1. The Balaban J connectivity index is 2.08. The van der Waals surface area contributed by atoms with E-state index in [4.69, 9.17) is 16.3 Å². The van der Waals surface area contributed by atoms with Crippen molar-refractivity contribution >= 4 is 11.7 Å². The lowest BCUT2D eigenvalue weighted by molar-refractivity contribution is 0.0107. The molecule has 0 bridgehead atoms. The van der Waals surface area contributed by atoms with Crippen LogP contribution in [-0.2, 0) is 0 Å². The van der Waals surface area contributed by atoms with Gasteiger partial charge in [-0.3, -0.25) is 4.79 Å². The first kappa shape index (κ1) is 19.1. The van der Waals surface area contributed by atoms with E-state index in [0.717, 1.165) is 12.8 Å².